The van der Waals surface area contributed by atoms with Crippen molar-refractivity contribution in [3.8, 4) is 0 Å². The zero-order chi connectivity index (χ0) is 16.1. The van der Waals surface area contributed by atoms with Gasteiger partial charge in [0.2, 0.25) is 0 Å². The van der Waals surface area contributed by atoms with Crippen molar-refractivity contribution in [2.75, 3.05) is 32.0 Å². The molecule has 7 heteroatoms. The van der Waals surface area contributed by atoms with E-state index in [1.807, 2.05) is 17.2 Å². The van der Waals surface area contributed by atoms with E-state index in [1.54, 1.807) is 12.3 Å². The van der Waals surface area contributed by atoms with Gasteiger partial charge in [-0.3, -0.25) is 10.3 Å². The summed E-state index contributed by atoms with van der Waals surface area (Å²) < 4.78 is 4.71. The van der Waals surface area contributed by atoms with Crippen molar-refractivity contribution in [2.45, 2.75) is 13.0 Å². The lowest BCUT2D eigenvalue weighted by Crippen LogP contribution is -2.34. The number of hydrogen-bond donors (Lipinski definition) is 1. The van der Waals surface area contributed by atoms with E-state index in [2.05, 4.69) is 33.5 Å². The first-order valence-corrected chi connectivity index (χ1v) is 7.74. The molecule has 1 atom stereocenters. The van der Waals surface area contributed by atoms with Crippen LogP contribution in [0.5, 0.6) is 0 Å². The number of urea groups is 1. The van der Waals surface area contributed by atoms with Gasteiger partial charge in [-0.05, 0) is 31.0 Å². The molecule has 1 aliphatic heterocycles. The summed E-state index contributed by atoms with van der Waals surface area (Å²) in [6.45, 7) is 3.37. The van der Waals surface area contributed by atoms with Gasteiger partial charge < -0.3 is 14.3 Å². The molecule has 122 valence electrons. The van der Waals surface area contributed by atoms with E-state index in [9.17, 15) is 4.79 Å². The summed E-state index contributed by atoms with van der Waals surface area (Å²) in [4.78, 5) is 20.4. The van der Waals surface area contributed by atoms with Crippen molar-refractivity contribution in [3.05, 3.63) is 42.4 Å². The number of anilines is 1. The average molecular weight is 315 g/mol. The van der Waals surface area contributed by atoms with Crippen molar-refractivity contribution >= 4 is 11.8 Å². The number of aromatic nitrogens is 2. The summed E-state index contributed by atoms with van der Waals surface area (Å²) in [5.41, 5.74) is 1.20. The summed E-state index contributed by atoms with van der Waals surface area (Å²) in [5, 5.41) is 6.43. The summed E-state index contributed by atoms with van der Waals surface area (Å²) in [6.07, 6.45) is 6.13. The molecule has 3 rings (SSSR count). The molecule has 2 amide bonds. The largest absolute Gasteiger partial charge is 0.363 e. The highest BCUT2D eigenvalue weighted by Crippen LogP contribution is 2.19. The lowest BCUT2D eigenvalue weighted by molar-refractivity contribution is 0.216. The zero-order valence-corrected chi connectivity index (χ0v) is 13.2. The van der Waals surface area contributed by atoms with E-state index < -0.39 is 0 Å². The molecule has 3 heterocycles. The van der Waals surface area contributed by atoms with Crippen molar-refractivity contribution in [3.63, 3.8) is 0 Å². The maximum absolute atomic E-state index is 12.1. The molecule has 0 spiro atoms. The Morgan fingerprint density at radius 3 is 3.17 bits per heavy atom. The molecular formula is C16H21N5O2. The molecule has 0 unspecified atom stereocenters. The van der Waals surface area contributed by atoms with Gasteiger partial charge in [0.15, 0.2) is 5.82 Å². The van der Waals surface area contributed by atoms with Crippen LogP contribution in [-0.2, 0) is 6.54 Å². The Bertz CT molecular complexity index is 617. The van der Waals surface area contributed by atoms with E-state index >= 15 is 0 Å². The quantitative estimate of drug-likeness (QED) is 0.914. The normalized spacial score (nSPS) is 17.7. The fourth-order valence-corrected chi connectivity index (χ4v) is 2.94. The minimum Gasteiger partial charge on any atom is -0.363 e. The Labute approximate surface area is 135 Å². The van der Waals surface area contributed by atoms with Crippen LogP contribution in [0.2, 0.25) is 0 Å². The summed E-state index contributed by atoms with van der Waals surface area (Å²) in [7, 11) is 2.10. The predicted octanol–water partition coefficient (Wildman–Crippen LogP) is 2.06. The second-order valence-corrected chi connectivity index (χ2v) is 5.97. The molecule has 1 saturated heterocycles. The third-order valence-electron chi connectivity index (χ3n) is 3.99. The number of nitrogens with one attached hydrogen (secondary N) is 1. The van der Waals surface area contributed by atoms with Crippen LogP contribution in [0.1, 0.15) is 12.0 Å². The maximum Gasteiger partial charge on any atom is 0.323 e. The van der Waals surface area contributed by atoms with Crippen molar-refractivity contribution in [1.29, 1.82) is 0 Å². The molecule has 0 saturated carbocycles. The summed E-state index contributed by atoms with van der Waals surface area (Å²) in [6, 6.07) is 5.55. The monoisotopic (exact) mass is 315 g/mol. The van der Waals surface area contributed by atoms with Crippen molar-refractivity contribution < 1.29 is 9.32 Å². The smallest absolute Gasteiger partial charge is 0.323 e. The standard InChI is InChI=1S/C16H21N5O2/c1-20(10-13-3-2-6-17-9-13)11-14-4-7-21(12-14)16(22)18-15-5-8-23-19-15/h2-3,5-6,8-9,14H,4,7,10-12H2,1H3,(H,18,19,22)/t14-/m1/s1. The third kappa shape index (κ3) is 4.29. The summed E-state index contributed by atoms with van der Waals surface area (Å²) >= 11 is 0. The van der Waals surface area contributed by atoms with Gasteiger partial charge in [-0.15, -0.1) is 0 Å². The number of amides is 2. The first-order chi connectivity index (χ1) is 11.2. The lowest BCUT2D eigenvalue weighted by atomic mass is 10.1. The molecule has 1 aliphatic rings. The van der Waals surface area contributed by atoms with Crippen molar-refractivity contribution in [1.82, 2.24) is 19.9 Å². The Hall–Kier alpha value is -2.41. The van der Waals surface area contributed by atoms with Gasteiger partial charge in [0.05, 0.1) is 0 Å². The van der Waals surface area contributed by atoms with Crippen LogP contribution >= 0.6 is 0 Å². The molecule has 0 bridgehead atoms. The van der Waals surface area contributed by atoms with Gasteiger partial charge >= 0.3 is 6.03 Å². The molecule has 1 fully saturated rings. The number of carbonyl (C=O) groups is 1. The molecule has 23 heavy (non-hydrogen) atoms. The predicted molar refractivity (Wildman–Crippen MR) is 85.8 cm³/mol. The highest BCUT2D eigenvalue weighted by Gasteiger charge is 2.27. The van der Waals surface area contributed by atoms with Crippen LogP contribution in [0.25, 0.3) is 0 Å². The topological polar surface area (TPSA) is 74.5 Å². The minimum atomic E-state index is -0.115. The second-order valence-electron chi connectivity index (χ2n) is 5.97. The number of rotatable bonds is 5. The fourth-order valence-electron chi connectivity index (χ4n) is 2.94. The molecule has 2 aromatic rings. The van der Waals surface area contributed by atoms with E-state index in [1.165, 1.54) is 11.8 Å². The average Bonchev–Trinajstić information content (AvgIpc) is 3.20. The van der Waals surface area contributed by atoms with Gasteiger partial charge in [0.1, 0.15) is 6.26 Å². The molecule has 2 aromatic heterocycles. The van der Waals surface area contributed by atoms with Crippen LogP contribution in [0, 0.1) is 5.92 Å². The van der Waals surface area contributed by atoms with Crippen LogP contribution in [0.15, 0.2) is 41.4 Å². The first kappa shape index (κ1) is 15.5. The Morgan fingerprint density at radius 1 is 1.52 bits per heavy atom. The molecular weight excluding hydrogens is 294 g/mol. The Kier molecular flexibility index (Phi) is 4.87. The maximum atomic E-state index is 12.1. The van der Waals surface area contributed by atoms with E-state index in [4.69, 9.17) is 4.52 Å². The first-order valence-electron chi connectivity index (χ1n) is 7.74. The molecule has 0 aromatic carbocycles. The number of hydrogen-bond acceptors (Lipinski definition) is 5. The number of nitrogens with zero attached hydrogens (tertiary/aromatic N) is 4. The highest BCUT2D eigenvalue weighted by atomic mass is 16.5. The van der Waals surface area contributed by atoms with Crippen LogP contribution in [0.4, 0.5) is 10.6 Å². The third-order valence-corrected chi connectivity index (χ3v) is 3.99. The number of likely N-dealkylation sites (tertiary alicyclic amines) is 1. The lowest BCUT2D eigenvalue weighted by Gasteiger charge is -2.21. The van der Waals surface area contributed by atoms with Crippen LogP contribution < -0.4 is 5.32 Å². The zero-order valence-electron chi connectivity index (χ0n) is 13.2. The molecule has 1 N–H and O–H groups in total. The highest BCUT2D eigenvalue weighted by molar-refractivity contribution is 5.88. The van der Waals surface area contributed by atoms with Gasteiger partial charge in [-0.25, -0.2) is 4.79 Å². The summed E-state index contributed by atoms with van der Waals surface area (Å²) in [5.74, 6) is 0.937. The van der Waals surface area contributed by atoms with Gasteiger partial charge in [0, 0.05) is 44.6 Å². The van der Waals surface area contributed by atoms with Gasteiger partial charge in [0.25, 0.3) is 0 Å². The second kappa shape index (κ2) is 7.23. The Balaban J connectivity index is 1.45. The number of carbonyl (C=O) groups excluding carboxylic acids is 1. The molecule has 0 radical (unpaired) electrons. The van der Waals surface area contributed by atoms with E-state index in [0.29, 0.717) is 11.7 Å². The van der Waals surface area contributed by atoms with Crippen LogP contribution in [0.3, 0.4) is 0 Å². The van der Waals surface area contributed by atoms with Gasteiger partial charge in [-0.1, -0.05) is 11.2 Å². The van der Waals surface area contributed by atoms with Crippen LogP contribution in [-0.4, -0.2) is 52.7 Å². The van der Waals surface area contributed by atoms with E-state index in [-0.39, 0.29) is 6.03 Å². The number of pyridine rings is 1. The minimum absolute atomic E-state index is 0.115. The van der Waals surface area contributed by atoms with Gasteiger partial charge in [-0.2, -0.15) is 0 Å². The van der Waals surface area contributed by atoms with Crippen molar-refractivity contribution in [2.24, 2.45) is 5.92 Å². The Morgan fingerprint density at radius 2 is 2.43 bits per heavy atom. The molecule has 0 aliphatic carbocycles. The van der Waals surface area contributed by atoms with E-state index in [0.717, 1.165) is 32.6 Å². The SMILES string of the molecule is CN(Cc1cccnc1)C[C@H]1CCN(C(=O)Nc2ccon2)C1. The molecule has 7 nitrogen and oxygen atoms in total. The fraction of sp³-hybridized carbons (Fsp3) is 0.438.